The van der Waals surface area contributed by atoms with E-state index in [0.29, 0.717) is 27.8 Å². The number of aryl methyl sites for hydroxylation is 1. The molecule has 1 aromatic heterocycles. The molecule has 0 saturated heterocycles. The topological polar surface area (TPSA) is 88.8 Å². The Kier molecular flexibility index (Phi) is 5.47. The van der Waals surface area contributed by atoms with Gasteiger partial charge in [0.25, 0.3) is 5.91 Å². The van der Waals surface area contributed by atoms with Crippen LogP contribution in [0.4, 0.5) is 5.69 Å². The molecule has 2 N–H and O–H groups in total. The number of hydrogen-bond donors (Lipinski definition) is 2. The molecule has 0 spiro atoms. The van der Waals surface area contributed by atoms with Gasteiger partial charge in [-0.15, -0.1) is 0 Å². The lowest BCUT2D eigenvalue weighted by Crippen LogP contribution is -2.12. The Morgan fingerprint density at radius 2 is 1.85 bits per heavy atom. The minimum atomic E-state index is -1.13. The number of hydrogen-bond acceptors (Lipinski definition) is 4. The van der Waals surface area contributed by atoms with Crippen molar-refractivity contribution < 1.29 is 23.8 Å². The van der Waals surface area contributed by atoms with Crippen molar-refractivity contribution in [2.24, 2.45) is 0 Å². The summed E-state index contributed by atoms with van der Waals surface area (Å²) in [5.41, 5.74) is 2.04. The molecule has 6 nitrogen and oxygen atoms in total. The summed E-state index contributed by atoms with van der Waals surface area (Å²) in [6, 6.07) is 14.7. The quantitative estimate of drug-likeness (QED) is 0.638. The van der Waals surface area contributed by atoms with E-state index in [1.54, 1.807) is 48.5 Å². The van der Waals surface area contributed by atoms with Crippen LogP contribution in [-0.2, 0) is 6.61 Å². The Labute approximate surface area is 160 Å². The first-order valence-electron chi connectivity index (χ1n) is 8.05. The standard InChI is InChI=1S/C20H16ClNO5/c1-12-10-14(21)4-8-17(12)22-19(23)13-2-5-15(6-3-13)26-11-16-7-9-18(27-16)20(24)25/h2-10H,11H2,1H3,(H,22,23)(H,24,25). The molecule has 0 atom stereocenters. The van der Waals surface area contributed by atoms with E-state index in [4.69, 9.17) is 25.9 Å². The van der Waals surface area contributed by atoms with Gasteiger partial charge < -0.3 is 19.6 Å². The van der Waals surface area contributed by atoms with Gasteiger partial charge >= 0.3 is 5.97 Å². The van der Waals surface area contributed by atoms with Gasteiger partial charge in [-0.05, 0) is 67.1 Å². The molecule has 7 heteroatoms. The lowest BCUT2D eigenvalue weighted by molar-refractivity contribution is 0.0658. The molecule has 0 aliphatic rings. The smallest absolute Gasteiger partial charge is 0.371 e. The summed E-state index contributed by atoms with van der Waals surface area (Å²) in [5.74, 6) is -0.593. The molecular formula is C20H16ClNO5. The van der Waals surface area contributed by atoms with Crippen molar-refractivity contribution in [2.75, 3.05) is 5.32 Å². The highest BCUT2D eigenvalue weighted by Crippen LogP contribution is 2.21. The molecule has 3 rings (SSSR count). The molecular weight excluding hydrogens is 370 g/mol. The van der Waals surface area contributed by atoms with Crippen LogP contribution in [0.15, 0.2) is 59.0 Å². The van der Waals surface area contributed by atoms with Crippen molar-refractivity contribution in [1.82, 2.24) is 0 Å². The van der Waals surface area contributed by atoms with Crippen LogP contribution in [0.3, 0.4) is 0 Å². The second-order valence-corrected chi connectivity index (χ2v) is 6.23. The average Bonchev–Trinajstić information content (AvgIpc) is 3.12. The minimum absolute atomic E-state index is 0.0861. The second-order valence-electron chi connectivity index (χ2n) is 5.80. The number of carbonyl (C=O) groups excluding carboxylic acids is 1. The summed E-state index contributed by atoms with van der Waals surface area (Å²) in [6.07, 6.45) is 0. The molecule has 0 unspecified atom stereocenters. The van der Waals surface area contributed by atoms with Crippen molar-refractivity contribution in [3.8, 4) is 5.75 Å². The number of furan rings is 1. The van der Waals surface area contributed by atoms with Gasteiger partial charge in [0.05, 0.1) is 0 Å². The number of anilines is 1. The SMILES string of the molecule is Cc1cc(Cl)ccc1NC(=O)c1ccc(OCc2ccc(C(=O)O)o2)cc1. The van der Waals surface area contributed by atoms with E-state index >= 15 is 0 Å². The van der Waals surface area contributed by atoms with Gasteiger partial charge in [0.1, 0.15) is 18.1 Å². The minimum Gasteiger partial charge on any atom is -0.486 e. The Balaban J connectivity index is 1.60. The number of benzene rings is 2. The van der Waals surface area contributed by atoms with Gasteiger partial charge in [-0.1, -0.05) is 11.6 Å². The van der Waals surface area contributed by atoms with Gasteiger partial charge in [-0.25, -0.2) is 4.79 Å². The largest absolute Gasteiger partial charge is 0.486 e. The van der Waals surface area contributed by atoms with E-state index in [2.05, 4.69) is 5.32 Å². The van der Waals surface area contributed by atoms with Crippen LogP contribution in [0, 0.1) is 6.92 Å². The maximum atomic E-state index is 12.4. The van der Waals surface area contributed by atoms with Crippen molar-refractivity contribution in [3.63, 3.8) is 0 Å². The summed E-state index contributed by atoms with van der Waals surface area (Å²) in [6.45, 7) is 1.95. The van der Waals surface area contributed by atoms with Crippen LogP contribution < -0.4 is 10.1 Å². The molecule has 0 radical (unpaired) electrons. The number of carbonyl (C=O) groups is 2. The number of rotatable bonds is 6. The highest BCUT2D eigenvalue weighted by molar-refractivity contribution is 6.30. The van der Waals surface area contributed by atoms with E-state index in [1.165, 1.54) is 6.07 Å². The van der Waals surface area contributed by atoms with Crippen LogP contribution in [-0.4, -0.2) is 17.0 Å². The van der Waals surface area contributed by atoms with Crippen molar-refractivity contribution in [3.05, 3.63) is 82.3 Å². The first-order valence-corrected chi connectivity index (χ1v) is 8.42. The lowest BCUT2D eigenvalue weighted by Gasteiger charge is -2.09. The van der Waals surface area contributed by atoms with Gasteiger partial charge in [0.2, 0.25) is 5.76 Å². The Morgan fingerprint density at radius 1 is 1.11 bits per heavy atom. The Bertz CT molecular complexity index is 978. The number of amides is 1. The molecule has 1 heterocycles. The van der Waals surface area contributed by atoms with Crippen LogP contribution in [0.25, 0.3) is 0 Å². The number of carboxylic acids is 1. The normalized spacial score (nSPS) is 10.4. The Hall–Kier alpha value is -3.25. The van der Waals surface area contributed by atoms with Crippen molar-refractivity contribution in [1.29, 1.82) is 0 Å². The third kappa shape index (κ3) is 4.68. The van der Waals surface area contributed by atoms with Crippen LogP contribution in [0.5, 0.6) is 5.75 Å². The fraction of sp³-hybridized carbons (Fsp3) is 0.100. The maximum absolute atomic E-state index is 12.4. The first-order chi connectivity index (χ1) is 12.9. The number of halogens is 1. The molecule has 138 valence electrons. The number of nitrogens with one attached hydrogen (secondary N) is 1. The molecule has 0 aliphatic heterocycles. The van der Waals surface area contributed by atoms with Crippen LogP contribution in [0.1, 0.15) is 32.2 Å². The highest BCUT2D eigenvalue weighted by atomic mass is 35.5. The first kappa shape index (κ1) is 18.5. The molecule has 0 saturated carbocycles. The van der Waals surface area contributed by atoms with Crippen molar-refractivity contribution in [2.45, 2.75) is 13.5 Å². The monoisotopic (exact) mass is 385 g/mol. The molecule has 3 aromatic rings. The zero-order valence-corrected chi connectivity index (χ0v) is 15.1. The van der Waals surface area contributed by atoms with E-state index in [0.717, 1.165) is 5.56 Å². The molecule has 1 amide bonds. The number of aromatic carboxylic acids is 1. The molecule has 2 aromatic carbocycles. The summed E-state index contributed by atoms with van der Waals surface area (Å²) < 4.78 is 10.7. The third-order valence-corrected chi connectivity index (χ3v) is 4.04. The van der Waals surface area contributed by atoms with E-state index in [-0.39, 0.29) is 18.3 Å². The second kappa shape index (κ2) is 7.97. The molecule has 27 heavy (non-hydrogen) atoms. The molecule has 0 fully saturated rings. The summed E-state index contributed by atoms with van der Waals surface area (Å²) in [5, 5.41) is 12.3. The predicted molar refractivity (Wildman–Crippen MR) is 101 cm³/mol. The lowest BCUT2D eigenvalue weighted by atomic mass is 10.1. The summed E-state index contributed by atoms with van der Waals surface area (Å²) in [4.78, 5) is 23.1. The Morgan fingerprint density at radius 3 is 2.48 bits per heavy atom. The average molecular weight is 386 g/mol. The van der Waals surface area contributed by atoms with Gasteiger partial charge in [-0.3, -0.25) is 4.79 Å². The fourth-order valence-corrected chi connectivity index (χ4v) is 2.62. The van der Waals surface area contributed by atoms with E-state index in [9.17, 15) is 9.59 Å². The van der Waals surface area contributed by atoms with Gasteiger partial charge in [0.15, 0.2) is 0 Å². The van der Waals surface area contributed by atoms with Crippen LogP contribution >= 0.6 is 11.6 Å². The molecule has 0 aliphatic carbocycles. The number of carboxylic acid groups (broad SMARTS) is 1. The van der Waals surface area contributed by atoms with Gasteiger partial charge in [0, 0.05) is 16.3 Å². The van der Waals surface area contributed by atoms with Crippen molar-refractivity contribution >= 4 is 29.2 Å². The molecule has 0 bridgehead atoms. The number of ether oxygens (including phenoxy) is 1. The highest BCUT2D eigenvalue weighted by Gasteiger charge is 2.10. The third-order valence-electron chi connectivity index (χ3n) is 3.81. The zero-order chi connectivity index (χ0) is 19.4. The van der Waals surface area contributed by atoms with Crippen LogP contribution in [0.2, 0.25) is 5.02 Å². The fourth-order valence-electron chi connectivity index (χ4n) is 2.39. The van der Waals surface area contributed by atoms with E-state index < -0.39 is 5.97 Å². The summed E-state index contributed by atoms with van der Waals surface area (Å²) in [7, 11) is 0. The van der Waals surface area contributed by atoms with Gasteiger partial charge in [-0.2, -0.15) is 0 Å². The zero-order valence-electron chi connectivity index (χ0n) is 14.4. The summed E-state index contributed by atoms with van der Waals surface area (Å²) >= 11 is 5.92. The maximum Gasteiger partial charge on any atom is 0.371 e. The van der Waals surface area contributed by atoms with E-state index in [1.807, 2.05) is 6.92 Å². The predicted octanol–water partition coefficient (Wildman–Crippen LogP) is 4.77.